The fourth-order valence-electron chi connectivity index (χ4n) is 12.4. The highest BCUT2D eigenvalue weighted by atomic mass is 31.2. The quantitative estimate of drug-likeness (QED) is 0.0222. The molecule has 0 aliphatic heterocycles. The molecule has 0 heterocycles. The van der Waals surface area contributed by atoms with Crippen molar-refractivity contribution in [3.63, 3.8) is 0 Å². The first-order chi connectivity index (χ1) is 48.0. The predicted molar refractivity (Wildman–Crippen MR) is 405 cm³/mol. The average Bonchev–Trinajstić information content (AvgIpc) is 0.990. The van der Waals surface area contributed by atoms with Crippen molar-refractivity contribution in [3.05, 3.63) is 0 Å². The van der Waals surface area contributed by atoms with Gasteiger partial charge in [0.15, 0.2) is 12.2 Å². The Hall–Kier alpha value is -1.94. The van der Waals surface area contributed by atoms with Crippen LogP contribution in [0.4, 0.5) is 0 Å². The smallest absolute Gasteiger partial charge is 0.462 e. The summed E-state index contributed by atoms with van der Waals surface area (Å²) in [7, 11) is -9.91. The SMILES string of the molecule is CCCCCCCCCCCCCCCCCCCCCCCC(=O)O[C@H](COC(=O)CCCCCCCCCCCCCCCCCC)COP(=O)(O)OC[C@@H](O)COP(=O)(O)OC[C@@H](COC(=O)CCCCCCCCCC)OC(=O)CCCCCCCCCCCCCC(C)C. The van der Waals surface area contributed by atoms with Gasteiger partial charge in [-0.05, 0) is 31.6 Å². The summed E-state index contributed by atoms with van der Waals surface area (Å²) in [6.45, 7) is 7.29. The van der Waals surface area contributed by atoms with Gasteiger partial charge in [-0.2, -0.15) is 0 Å². The number of hydrogen-bond donors (Lipinski definition) is 3. The molecule has 0 aromatic carbocycles. The lowest BCUT2D eigenvalue weighted by molar-refractivity contribution is -0.161. The Morgan fingerprint density at radius 3 is 0.687 bits per heavy atom. The first-order valence-electron chi connectivity index (χ1n) is 41.6. The van der Waals surface area contributed by atoms with E-state index in [9.17, 15) is 43.2 Å². The van der Waals surface area contributed by atoms with Crippen molar-refractivity contribution in [2.24, 2.45) is 5.92 Å². The molecule has 0 aromatic heterocycles. The first-order valence-corrected chi connectivity index (χ1v) is 44.6. The summed E-state index contributed by atoms with van der Waals surface area (Å²) in [5, 5.41) is 10.6. The lowest BCUT2D eigenvalue weighted by atomic mass is 10.0. The van der Waals surface area contributed by atoms with E-state index >= 15 is 0 Å². The molecule has 0 amide bonds. The predicted octanol–water partition coefficient (Wildman–Crippen LogP) is 24.0. The van der Waals surface area contributed by atoms with Crippen LogP contribution in [0.5, 0.6) is 0 Å². The lowest BCUT2D eigenvalue weighted by Crippen LogP contribution is -2.30. The van der Waals surface area contributed by atoms with E-state index < -0.39 is 97.5 Å². The van der Waals surface area contributed by atoms with Gasteiger partial charge >= 0.3 is 39.5 Å². The summed E-state index contributed by atoms with van der Waals surface area (Å²) < 4.78 is 68.6. The van der Waals surface area contributed by atoms with Crippen LogP contribution < -0.4 is 0 Å². The zero-order valence-corrected chi connectivity index (χ0v) is 66.4. The Labute approximate surface area is 607 Å². The number of carbonyl (C=O) groups excluding carboxylic acids is 4. The molecule has 0 fully saturated rings. The summed E-state index contributed by atoms with van der Waals surface area (Å²) in [4.78, 5) is 72.9. The Kier molecular flexibility index (Phi) is 71.6. The molecule has 0 spiro atoms. The molecule has 19 heteroatoms. The molecule has 0 aromatic rings. The summed E-state index contributed by atoms with van der Waals surface area (Å²) in [5.74, 6) is -1.35. The van der Waals surface area contributed by atoms with E-state index in [0.717, 1.165) is 102 Å². The maximum atomic E-state index is 13.1. The van der Waals surface area contributed by atoms with Crippen LogP contribution in [0.25, 0.3) is 0 Å². The minimum Gasteiger partial charge on any atom is -0.462 e. The van der Waals surface area contributed by atoms with Crippen LogP contribution >= 0.6 is 15.6 Å². The molecule has 0 aliphatic carbocycles. The molecule has 2 unspecified atom stereocenters. The van der Waals surface area contributed by atoms with E-state index in [1.54, 1.807) is 0 Å². The molecule has 17 nitrogen and oxygen atoms in total. The van der Waals surface area contributed by atoms with Crippen molar-refractivity contribution < 1.29 is 80.2 Å². The fraction of sp³-hybridized carbons (Fsp3) is 0.950. The van der Waals surface area contributed by atoms with Crippen molar-refractivity contribution in [3.8, 4) is 0 Å². The molecule has 99 heavy (non-hydrogen) atoms. The van der Waals surface area contributed by atoms with E-state index in [1.807, 2.05) is 0 Å². The van der Waals surface area contributed by atoms with E-state index in [-0.39, 0.29) is 25.7 Å². The molecule has 3 N–H and O–H groups in total. The highest BCUT2D eigenvalue weighted by molar-refractivity contribution is 7.47. The summed E-state index contributed by atoms with van der Waals surface area (Å²) in [6, 6.07) is 0. The molecule has 0 aliphatic rings. The molecule has 5 atom stereocenters. The zero-order chi connectivity index (χ0) is 72.7. The number of phosphoric acid groups is 2. The number of aliphatic hydroxyl groups is 1. The molecule has 0 saturated carbocycles. The number of aliphatic hydroxyl groups excluding tert-OH is 1. The Morgan fingerprint density at radius 1 is 0.273 bits per heavy atom. The second-order valence-corrected chi connectivity index (χ2v) is 32.2. The number of ether oxygens (including phenoxy) is 4. The van der Waals surface area contributed by atoms with Gasteiger partial charge in [0.05, 0.1) is 26.4 Å². The monoisotopic (exact) mass is 1450 g/mol. The molecular weight excluding hydrogens is 1290 g/mol. The number of rotatable bonds is 80. The third-order valence-electron chi connectivity index (χ3n) is 18.8. The third kappa shape index (κ3) is 74.1. The van der Waals surface area contributed by atoms with Crippen molar-refractivity contribution in [1.82, 2.24) is 0 Å². The molecule has 588 valence electrons. The summed E-state index contributed by atoms with van der Waals surface area (Å²) in [5.41, 5.74) is 0. The normalized spacial score (nSPS) is 13.9. The Morgan fingerprint density at radius 2 is 0.465 bits per heavy atom. The largest absolute Gasteiger partial charge is 0.472 e. The minimum atomic E-state index is -4.96. The lowest BCUT2D eigenvalue weighted by Gasteiger charge is -2.21. The topological polar surface area (TPSA) is 237 Å². The van der Waals surface area contributed by atoms with Gasteiger partial charge in [0.1, 0.15) is 19.3 Å². The standard InChI is InChI=1S/C80H156O17P2/c1-6-9-12-15-18-21-23-25-27-29-30-31-32-33-35-37-41-45-50-55-60-65-79(84)97-76(70-91-78(83)64-59-54-49-44-40-36-34-28-26-24-22-19-16-13-10-7-2)72-95-99(88,89)93-68-74(81)67-92-98(86,87)94-71-75(69-90-77(82)63-58-53-48-20-17-14-11-8-3)96-80(85)66-61-56-51-46-42-38-39-43-47-52-57-62-73(4)5/h73-76,81H,6-72H2,1-5H3,(H,86,87)(H,88,89)/t74-,75+,76+/m0/s1. The highest BCUT2D eigenvalue weighted by Gasteiger charge is 2.30. The van der Waals surface area contributed by atoms with E-state index in [2.05, 4.69) is 34.6 Å². The molecule has 0 radical (unpaired) electrons. The second-order valence-electron chi connectivity index (χ2n) is 29.3. The van der Waals surface area contributed by atoms with Crippen molar-refractivity contribution >= 4 is 39.5 Å². The van der Waals surface area contributed by atoms with Gasteiger partial charge in [-0.3, -0.25) is 37.3 Å². The summed E-state index contributed by atoms with van der Waals surface area (Å²) in [6.07, 6.45) is 64.0. The molecule has 0 saturated heterocycles. The first kappa shape index (κ1) is 97.1. The van der Waals surface area contributed by atoms with Crippen LogP contribution in [-0.2, 0) is 65.4 Å². The Bertz CT molecular complexity index is 1890. The van der Waals surface area contributed by atoms with E-state index in [1.165, 1.54) is 244 Å². The van der Waals surface area contributed by atoms with Crippen LogP contribution in [0.2, 0.25) is 0 Å². The van der Waals surface area contributed by atoms with Crippen molar-refractivity contribution in [2.45, 2.75) is 445 Å². The van der Waals surface area contributed by atoms with E-state index in [4.69, 9.17) is 37.0 Å². The highest BCUT2D eigenvalue weighted by Crippen LogP contribution is 2.45. The maximum Gasteiger partial charge on any atom is 0.472 e. The fourth-order valence-corrected chi connectivity index (χ4v) is 14.0. The second kappa shape index (κ2) is 73.0. The average molecular weight is 1450 g/mol. The van der Waals surface area contributed by atoms with Gasteiger partial charge in [-0.25, -0.2) is 9.13 Å². The number of phosphoric ester groups is 2. The summed E-state index contributed by atoms with van der Waals surface area (Å²) >= 11 is 0. The zero-order valence-electron chi connectivity index (χ0n) is 64.6. The van der Waals surface area contributed by atoms with Gasteiger partial charge in [-0.15, -0.1) is 0 Å². The van der Waals surface area contributed by atoms with Crippen molar-refractivity contribution in [2.75, 3.05) is 39.6 Å². The molecule has 0 bridgehead atoms. The third-order valence-corrected chi connectivity index (χ3v) is 20.7. The number of hydrogen-bond acceptors (Lipinski definition) is 15. The van der Waals surface area contributed by atoms with Crippen LogP contribution in [-0.4, -0.2) is 96.7 Å². The molecular formula is C80H156O17P2. The molecule has 0 rings (SSSR count). The van der Waals surface area contributed by atoms with Gasteiger partial charge < -0.3 is 33.8 Å². The Balaban J connectivity index is 5.19. The van der Waals surface area contributed by atoms with Crippen LogP contribution in [0.3, 0.4) is 0 Å². The van der Waals surface area contributed by atoms with Crippen molar-refractivity contribution in [1.29, 1.82) is 0 Å². The minimum absolute atomic E-state index is 0.107. The van der Waals surface area contributed by atoms with E-state index in [0.29, 0.717) is 25.7 Å². The van der Waals surface area contributed by atoms with Gasteiger partial charge in [0, 0.05) is 25.7 Å². The van der Waals surface area contributed by atoms with Crippen LogP contribution in [0, 0.1) is 5.92 Å². The number of unbranched alkanes of at least 4 members (excludes halogenated alkanes) is 52. The van der Waals surface area contributed by atoms with Gasteiger partial charge in [-0.1, -0.05) is 375 Å². The number of esters is 4. The van der Waals surface area contributed by atoms with Crippen LogP contribution in [0.1, 0.15) is 426 Å². The maximum absolute atomic E-state index is 13.1. The number of carbonyl (C=O) groups is 4. The van der Waals surface area contributed by atoms with Crippen LogP contribution in [0.15, 0.2) is 0 Å². The van der Waals surface area contributed by atoms with Gasteiger partial charge in [0.2, 0.25) is 0 Å². The van der Waals surface area contributed by atoms with Gasteiger partial charge in [0.25, 0.3) is 0 Å².